The Hall–Kier alpha value is 0.110. The molecule has 0 aromatic rings. The van der Waals surface area contributed by atoms with Gasteiger partial charge in [-0.2, -0.15) is 0 Å². The Morgan fingerprint density at radius 1 is 0.842 bits per heavy atom. The zero-order valence-corrected chi connectivity index (χ0v) is 12.7. The largest absolute Gasteiger partial charge is 0.479 e. The van der Waals surface area contributed by atoms with Gasteiger partial charge in [0, 0.05) is 0 Å². The van der Waals surface area contributed by atoms with E-state index in [2.05, 4.69) is 8.58 Å². The molecule has 0 aromatic carbocycles. The van der Waals surface area contributed by atoms with Gasteiger partial charge in [0.2, 0.25) is 0 Å². The van der Waals surface area contributed by atoms with Crippen molar-refractivity contribution < 1.29 is 33.2 Å². The Labute approximate surface area is 135 Å². The molecule has 0 saturated heterocycles. The van der Waals surface area contributed by atoms with Crippen LogP contribution in [0.3, 0.4) is 0 Å². The number of carboxylic acid groups (broad SMARTS) is 2. The standard InChI is InChI=1S/C6H2Cl6O7/c7-5(8,2(15)16)4(19-12,1(13)14)6(9,10)3(17)18-11/h(H,13,14)(H,15,16). The summed E-state index contributed by atoms with van der Waals surface area (Å²) in [6.45, 7) is 0. The average Bonchev–Trinajstić information content (AvgIpc) is 2.27. The highest BCUT2D eigenvalue weighted by molar-refractivity contribution is 6.66. The van der Waals surface area contributed by atoms with Gasteiger partial charge in [-0.15, -0.1) is 0 Å². The molecular formula is C6H2Cl6O7. The molecule has 2 N–H and O–H groups in total. The molecule has 0 aliphatic rings. The first-order valence-corrected chi connectivity index (χ1v) is 5.91. The summed E-state index contributed by atoms with van der Waals surface area (Å²) in [6, 6.07) is 0. The molecule has 0 spiro atoms. The SMILES string of the molecule is O=C(O)C(Cl)(Cl)C(OCl)(C(=O)O)C(Cl)(Cl)C(=O)OCl. The van der Waals surface area contributed by atoms with E-state index < -0.39 is 32.2 Å². The number of halogens is 6. The zero-order chi connectivity index (χ0) is 15.6. The fourth-order valence-electron chi connectivity index (χ4n) is 0.938. The van der Waals surface area contributed by atoms with Crippen LogP contribution in [0.15, 0.2) is 0 Å². The van der Waals surface area contributed by atoms with E-state index in [9.17, 15) is 14.4 Å². The van der Waals surface area contributed by atoms with Crippen molar-refractivity contribution >= 4 is 88.0 Å². The summed E-state index contributed by atoms with van der Waals surface area (Å²) in [4.78, 5) is 33.4. The molecule has 0 fully saturated rings. The third kappa shape index (κ3) is 2.78. The van der Waals surface area contributed by atoms with Gasteiger partial charge < -0.3 is 14.5 Å². The second kappa shape index (κ2) is 6.26. The number of alkyl halides is 4. The van der Waals surface area contributed by atoms with Crippen LogP contribution >= 0.6 is 70.1 Å². The molecule has 110 valence electrons. The summed E-state index contributed by atoms with van der Waals surface area (Å²) in [5.41, 5.74) is -3.54. The zero-order valence-electron chi connectivity index (χ0n) is 8.20. The third-order valence-corrected chi connectivity index (χ3v) is 3.96. The number of carbonyl (C=O) groups is 3. The van der Waals surface area contributed by atoms with E-state index in [0.717, 1.165) is 0 Å². The number of carboxylic acids is 2. The smallest absolute Gasteiger partial charge is 0.364 e. The lowest BCUT2D eigenvalue weighted by Gasteiger charge is -2.39. The second-order valence-electron chi connectivity index (χ2n) is 2.88. The fourth-order valence-corrected chi connectivity index (χ4v) is 2.90. The van der Waals surface area contributed by atoms with Crippen LogP contribution in [-0.4, -0.2) is 42.4 Å². The number of carbonyl (C=O) groups excluding carboxylic acids is 1. The van der Waals surface area contributed by atoms with Gasteiger partial charge in [0.25, 0.3) is 14.3 Å². The molecular weight excluding hydrogens is 397 g/mol. The average molecular weight is 399 g/mol. The first-order chi connectivity index (χ1) is 8.43. The molecule has 19 heavy (non-hydrogen) atoms. The highest BCUT2D eigenvalue weighted by Crippen LogP contribution is 2.51. The van der Waals surface area contributed by atoms with Crippen molar-refractivity contribution in [2.45, 2.75) is 14.3 Å². The van der Waals surface area contributed by atoms with Crippen molar-refractivity contribution in [2.24, 2.45) is 0 Å². The predicted octanol–water partition coefficient (Wildman–Crippen LogP) is 2.11. The fraction of sp³-hybridized carbons (Fsp3) is 0.500. The molecule has 0 bridgehead atoms. The molecule has 1 atom stereocenters. The Kier molecular flexibility index (Phi) is 6.29. The van der Waals surface area contributed by atoms with Crippen LogP contribution in [0.2, 0.25) is 0 Å². The second-order valence-corrected chi connectivity index (χ2v) is 5.85. The van der Waals surface area contributed by atoms with Crippen molar-refractivity contribution in [2.75, 3.05) is 0 Å². The first kappa shape index (κ1) is 19.1. The van der Waals surface area contributed by atoms with E-state index in [1.807, 2.05) is 0 Å². The van der Waals surface area contributed by atoms with Gasteiger partial charge in [-0.25, -0.2) is 14.4 Å². The molecule has 0 aliphatic carbocycles. The van der Waals surface area contributed by atoms with E-state index in [1.165, 1.54) is 0 Å². The highest BCUT2D eigenvalue weighted by Gasteiger charge is 2.76. The lowest BCUT2D eigenvalue weighted by atomic mass is 9.93. The lowest BCUT2D eigenvalue weighted by Crippen LogP contribution is -2.69. The molecule has 0 saturated carbocycles. The molecule has 0 rings (SSSR count). The maximum absolute atomic E-state index is 11.3. The monoisotopic (exact) mass is 396 g/mol. The number of aliphatic carboxylic acids is 2. The molecule has 0 aliphatic heterocycles. The Morgan fingerprint density at radius 3 is 1.47 bits per heavy atom. The minimum atomic E-state index is -3.54. The summed E-state index contributed by atoms with van der Waals surface area (Å²) < 4.78 is 0.870. The molecule has 7 nitrogen and oxygen atoms in total. The number of hydrogen-bond donors (Lipinski definition) is 2. The third-order valence-electron chi connectivity index (χ3n) is 1.90. The van der Waals surface area contributed by atoms with Crippen LogP contribution in [0.4, 0.5) is 0 Å². The van der Waals surface area contributed by atoms with Crippen molar-refractivity contribution in [3.8, 4) is 0 Å². The Balaban J connectivity index is 6.32. The van der Waals surface area contributed by atoms with Gasteiger partial charge in [0.1, 0.15) is 11.9 Å². The number of rotatable bonds is 6. The van der Waals surface area contributed by atoms with Crippen LogP contribution < -0.4 is 0 Å². The van der Waals surface area contributed by atoms with Gasteiger partial charge in [-0.05, 0) is 0 Å². The maximum Gasteiger partial charge on any atom is 0.364 e. The maximum atomic E-state index is 11.3. The van der Waals surface area contributed by atoms with Crippen molar-refractivity contribution in [3.63, 3.8) is 0 Å². The Bertz CT molecular complexity index is 409. The summed E-state index contributed by atoms with van der Waals surface area (Å²) in [5.74, 6) is -6.25. The minimum absolute atomic E-state index is 1.83. The van der Waals surface area contributed by atoms with E-state index in [-0.39, 0.29) is 0 Å². The summed E-state index contributed by atoms with van der Waals surface area (Å²) in [5, 5.41) is 17.8. The van der Waals surface area contributed by atoms with Crippen molar-refractivity contribution in [3.05, 3.63) is 0 Å². The topological polar surface area (TPSA) is 110 Å². The summed E-state index contributed by atoms with van der Waals surface area (Å²) in [7, 11) is 0. The normalized spacial score (nSPS) is 15.5. The van der Waals surface area contributed by atoms with Crippen LogP contribution in [-0.2, 0) is 23.0 Å². The van der Waals surface area contributed by atoms with Gasteiger partial charge >= 0.3 is 17.9 Å². The van der Waals surface area contributed by atoms with Crippen LogP contribution in [0.25, 0.3) is 0 Å². The summed E-state index contributed by atoms with van der Waals surface area (Å²) in [6.07, 6.45) is 0. The van der Waals surface area contributed by atoms with Crippen LogP contribution in [0, 0.1) is 0 Å². The van der Waals surface area contributed by atoms with Crippen LogP contribution in [0.5, 0.6) is 0 Å². The van der Waals surface area contributed by atoms with Gasteiger partial charge in [-0.3, -0.25) is 4.29 Å². The highest BCUT2D eigenvalue weighted by atomic mass is 35.5. The molecule has 1 unspecified atom stereocenters. The van der Waals surface area contributed by atoms with E-state index in [1.54, 1.807) is 0 Å². The van der Waals surface area contributed by atoms with Gasteiger partial charge in [-0.1, -0.05) is 46.4 Å². The predicted molar refractivity (Wildman–Crippen MR) is 65.8 cm³/mol. The van der Waals surface area contributed by atoms with E-state index in [0.29, 0.717) is 0 Å². The van der Waals surface area contributed by atoms with Crippen molar-refractivity contribution in [1.82, 2.24) is 0 Å². The number of hydrogen-bond acceptors (Lipinski definition) is 5. The first-order valence-electron chi connectivity index (χ1n) is 3.78. The quantitative estimate of drug-likeness (QED) is 0.659. The summed E-state index contributed by atoms with van der Waals surface area (Å²) >= 11 is 31.1. The van der Waals surface area contributed by atoms with Crippen molar-refractivity contribution in [1.29, 1.82) is 0 Å². The molecule has 0 amide bonds. The van der Waals surface area contributed by atoms with E-state index >= 15 is 0 Å². The molecule has 13 heteroatoms. The van der Waals surface area contributed by atoms with E-state index in [4.69, 9.17) is 80.3 Å². The Morgan fingerprint density at radius 2 is 1.26 bits per heavy atom. The lowest BCUT2D eigenvalue weighted by molar-refractivity contribution is -0.168. The molecule has 0 radical (unpaired) electrons. The van der Waals surface area contributed by atoms with Crippen LogP contribution in [0.1, 0.15) is 0 Å². The van der Waals surface area contributed by atoms with Gasteiger partial charge in [0.15, 0.2) is 0 Å². The molecule has 0 heterocycles. The minimum Gasteiger partial charge on any atom is -0.479 e. The van der Waals surface area contributed by atoms with Gasteiger partial charge in [0.05, 0.1) is 11.9 Å². The molecule has 0 aromatic heterocycles.